The summed E-state index contributed by atoms with van der Waals surface area (Å²) < 4.78 is 5.51. The van der Waals surface area contributed by atoms with Crippen molar-refractivity contribution in [3.05, 3.63) is 59.7 Å². The third-order valence-corrected chi connectivity index (χ3v) is 3.99. The van der Waals surface area contributed by atoms with E-state index in [9.17, 15) is 4.79 Å². The van der Waals surface area contributed by atoms with Gasteiger partial charge in [-0.2, -0.15) is 0 Å². The van der Waals surface area contributed by atoms with Gasteiger partial charge in [-0.05, 0) is 54.7 Å². The fourth-order valence-electron chi connectivity index (χ4n) is 2.95. The summed E-state index contributed by atoms with van der Waals surface area (Å²) in [5.41, 5.74) is 8.21. The van der Waals surface area contributed by atoms with Gasteiger partial charge in [0.05, 0.1) is 5.92 Å². The standard InChI is InChI=1S/C18H19N3O2/c19-18(20)21-13-10-9-12-5-4-8-15(16(12)11-13)17(22)23-14-6-2-1-3-7-14/h1-3,6-7,9-11,15H,4-5,8H2,(H4,19,20,21). The maximum Gasteiger partial charge on any atom is 0.318 e. The second-order valence-electron chi connectivity index (χ2n) is 5.63. The Hall–Kier alpha value is -2.82. The molecule has 0 aromatic heterocycles. The highest BCUT2D eigenvalue weighted by Gasteiger charge is 2.28. The van der Waals surface area contributed by atoms with Crippen LogP contribution in [0.15, 0.2) is 48.5 Å². The minimum Gasteiger partial charge on any atom is -0.426 e. The van der Waals surface area contributed by atoms with E-state index in [1.165, 1.54) is 0 Å². The summed E-state index contributed by atoms with van der Waals surface area (Å²) in [6.07, 6.45) is 2.67. The summed E-state index contributed by atoms with van der Waals surface area (Å²) in [5, 5.41) is 10.1. The van der Waals surface area contributed by atoms with Crippen LogP contribution in [-0.4, -0.2) is 11.9 Å². The fraction of sp³-hybridized carbons (Fsp3) is 0.222. The molecule has 2 aromatic carbocycles. The lowest BCUT2D eigenvalue weighted by Crippen LogP contribution is -2.24. The van der Waals surface area contributed by atoms with Gasteiger partial charge in [-0.3, -0.25) is 10.2 Å². The third kappa shape index (κ3) is 3.51. The normalized spacial score (nSPS) is 16.3. The predicted octanol–water partition coefficient (Wildman–Crippen LogP) is 3.02. The number of nitrogens with one attached hydrogen (secondary N) is 2. The molecule has 23 heavy (non-hydrogen) atoms. The first-order chi connectivity index (χ1) is 11.1. The molecular weight excluding hydrogens is 290 g/mol. The maximum absolute atomic E-state index is 12.6. The van der Waals surface area contributed by atoms with Crippen LogP contribution in [0.5, 0.6) is 5.75 Å². The second-order valence-corrected chi connectivity index (χ2v) is 5.63. The Morgan fingerprint density at radius 3 is 2.74 bits per heavy atom. The maximum atomic E-state index is 12.6. The molecule has 0 aliphatic heterocycles. The lowest BCUT2D eigenvalue weighted by Gasteiger charge is -2.24. The van der Waals surface area contributed by atoms with E-state index in [1.807, 2.05) is 36.4 Å². The third-order valence-electron chi connectivity index (χ3n) is 3.99. The number of rotatable bonds is 3. The van der Waals surface area contributed by atoms with Crippen LogP contribution in [0.25, 0.3) is 0 Å². The number of anilines is 1. The number of benzene rings is 2. The predicted molar refractivity (Wildman–Crippen MR) is 89.7 cm³/mol. The van der Waals surface area contributed by atoms with Crippen LogP contribution in [0.4, 0.5) is 5.69 Å². The zero-order valence-corrected chi connectivity index (χ0v) is 12.7. The molecule has 2 aromatic rings. The van der Waals surface area contributed by atoms with E-state index < -0.39 is 0 Å². The van der Waals surface area contributed by atoms with Gasteiger partial charge in [0.1, 0.15) is 5.75 Å². The first-order valence-corrected chi connectivity index (χ1v) is 7.64. The lowest BCUT2D eigenvalue weighted by atomic mass is 9.82. The molecule has 0 heterocycles. The minimum absolute atomic E-state index is 0.121. The quantitative estimate of drug-likeness (QED) is 0.352. The highest BCUT2D eigenvalue weighted by atomic mass is 16.5. The van der Waals surface area contributed by atoms with Gasteiger partial charge in [0.2, 0.25) is 0 Å². The molecule has 0 amide bonds. The number of hydrogen-bond acceptors (Lipinski definition) is 3. The van der Waals surface area contributed by atoms with Crippen LogP contribution in [0.2, 0.25) is 0 Å². The van der Waals surface area contributed by atoms with Crippen LogP contribution < -0.4 is 15.8 Å². The number of hydrogen-bond donors (Lipinski definition) is 3. The van der Waals surface area contributed by atoms with Gasteiger partial charge in [0, 0.05) is 5.69 Å². The van der Waals surface area contributed by atoms with Crippen molar-refractivity contribution < 1.29 is 9.53 Å². The molecule has 118 valence electrons. The number of ether oxygens (including phenoxy) is 1. The first-order valence-electron chi connectivity index (χ1n) is 7.64. The summed E-state index contributed by atoms with van der Waals surface area (Å²) in [6, 6.07) is 14.9. The van der Waals surface area contributed by atoms with Gasteiger partial charge in [-0.1, -0.05) is 24.3 Å². The number of carbonyl (C=O) groups is 1. The average Bonchev–Trinajstić information content (AvgIpc) is 2.54. The lowest BCUT2D eigenvalue weighted by molar-refractivity contribution is -0.136. The van der Waals surface area contributed by atoms with E-state index in [1.54, 1.807) is 12.1 Å². The van der Waals surface area contributed by atoms with Crippen LogP contribution in [0.3, 0.4) is 0 Å². The topological polar surface area (TPSA) is 88.2 Å². The van der Waals surface area contributed by atoms with Crippen molar-refractivity contribution in [1.29, 1.82) is 5.41 Å². The molecule has 1 aliphatic carbocycles. The highest BCUT2D eigenvalue weighted by Crippen LogP contribution is 2.34. The van der Waals surface area contributed by atoms with E-state index in [4.69, 9.17) is 15.9 Å². The monoisotopic (exact) mass is 309 g/mol. The Morgan fingerprint density at radius 1 is 1.22 bits per heavy atom. The molecule has 1 unspecified atom stereocenters. The summed E-state index contributed by atoms with van der Waals surface area (Å²) in [4.78, 5) is 12.6. The van der Waals surface area contributed by atoms with Gasteiger partial charge in [0.15, 0.2) is 5.96 Å². The van der Waals surface area contributed by atoms with Gasteiger partial charge < -0.3 is 15.8 Å². The van der Waals surface area contributed by atoms with Crippen LogP contribution in [0, 0.1) is 5.41 Å². The summed E-state index contributed by atoms with van der Waals surface area (Å²) in [5.74, 6) is -0.0865. The number of aryl methyl sites for hydroxylation is 1. The van der Waals surface area contributed by atoms with Crippen molar-refractivity contribution in [2.45, 2.75) is 25.2 Å². The molecule has 4 N–H and O–H groups in total. The van der Waals surface area contributed by atoms with E-state index >= 15 is 0 Å². The van der Waals surface area contributed by atoms with E-state index in [0.717, 1.165) is 36.1 Å². The molecule has 0 saturated heterocycles. The van der Waals surface area contributed by atoms with Crippen molar-refractivity contribution in [3.63, 3.8) is 0 Å². The van der Waals surface area contributed by atoms with Crippen LogP contribution in [-0.2, 0) is 11.2 Å². The van der Waals surface area contributed by atoms with Crippen molar-refractivity contribution >= 4 is 17.6 Å². The highest BCUT2D eigenvalue weighted by molar-refractivity contribution is 5.90. The number of fused-ring (bicyclic) bond motifs is 1. The number of guanidine groups is 1. The number of nitrogens with two attached hydrogens (primary N) is 1. The molecule has 5 nitrogen and oxygen atoms in total. The Morgan fingerprint density at radius 2 is 2.00 bits per heavy atom. The Labute approximate surface area is 135 Å². The van der Waals surface area contributed by atoms with Crippen LogP contribution in [0.1, 0.15) is 29.9 Å². The molecule has 0 fully saturated rings. The first kappa shape index (κ1) is 15.1. The zero-order chi connectivity index (χ0) is 16.2. The van der Waals surface area contributed by atoms with Gasteiger partial charge in [0.25, 0.3) is 0 Å². The molecule has 0 radical (unpaired) electrons. The Balaban J connectivity index is 1.84. The fourth-order valence-corrected chi connectivity index (χ4v) is 2.95. The Bertz CT molecular complexity index is 728. The summed E-state index contributed by atoms with van der Waals surface area (Å²) >= 11 is 0. The number of para-hydroxylation sites is 1. The van der Waals surface area contributed by atoms with Gasteiger partial charge in [-0.15, -0.1) is 0 Å². The zero-order valence-electron chi connectivity index (χ0n) is 12.7. The minimum atomic E-state index is -0.285. The SMILES string of the molecule is N=C(N)Nc1ccc2c(c1)C(C(=O)Oc1ccccc1)CCC2. The largest absolute Gasteiger partial charge is 0.426 e. The number of esters is 1. The molecule has 1 atom stereocenters. The molecule has 0 bridgehead atoms. The molecule has 5 heteroatoms. The number of carbonyl (C=O) groups excluding carboxylic acids is 1. The van der Waals surface area contributed by atoms with Crippen molar-refractivity contribution in [2.24, 2.45) is 5.73 Å². The molecule has 1 aliphatic rings. The average molecular weight is 309 g/mol. The Kier molecular flexibility index (Phi) is 4.28. The molecular formula is C18H19N3O2. The van der Waals surface area contributed by atoms with E-state index in [0.29, 0.717) is 5.75 Å². The van der Waals surface area contributed by atoms with Gasteiger partial charge >= 0.3 is 5.97 Å². The smallest absolute Gasteiger partial charge is 0.318 e. The second kappa shape index (κ2) is 6.52. The molecule has 3 rings (SSSR count). The van der Waals surface area contributed by atoms with E-state index in [2.05, 4.69) is 5.32 Å². The van der Waals surface area contributed by atoms with Gasteiger partial charge in [-0.25, -0.2) is 0 Å². The summed E-state index contributed by atoms with van der Waals surface area (Å²) in [7, 11) is 0. The van der Waals surface area contributed by atoms with Crippen molar-refractivity contribution in [2.75, 3.05) is 5.32 Å². The van der Waals surface area contributed by atoms with Crippen molar-refractivity contribution in [3.8, 4) is 5.75 Å². The van der Waals surface area contributed by atoms with Crippen LogP contribution >= 0.6 is 0 Å². The van der Waals surface area contributed by atoms with E-state index in [-0.39, 0.29) is 17.8 Å². The van der Waals surface area contributed by atoms with Crippen molar-refractivity contribution in [1.82, 2.24) is 0 Å². The molecule has 0 spiro atoms. The molecule has 0 saturated carbocycles. The summed E-state index contributed by atoms with van der Waals surface area (Å²) in [6.45, 7) is 0.